The molecule has 0 aliphatic carbocycles. The monoisotopic (exact) mass is 605 g/mol. The van der Waals surface area contributed by atoms with E-state index in [4.69, 9.17) is 4.74 Å². The number of hydrogen-bond donors (Lipinski definition) is 1. The Labute approximate surface area is 267 Å². The van der Waals surface area contributed by atoms with E-state index < -0.39 is 11.4 Å². The number of aldehydes is 2. The molecule has 0 heterocycles. The summed E-state index contributed by atoms with van der Waals surface area (Å²) in [6, 6.07) is 33.8. The first kappa shape index (κ1) is 34.7. The first-order chi connectivity index (χ1) is 21.5. The number of aryl methyl sites for hydroxylation is 4. The van der Waals surface area contributed by atoms with Crippen LogP contribution in [0.2, 0.25) is 0 Å². The Morgan fingerprint density at radius 1 is 0.733 bits per heavy atom. The van der Waals surface area contributed by atoms with Crippen molar-refractivity contribution in [3.63, 3.8) is 0 Å². The van der Waals surface area contributed by atoms with Crippen LogP contribution in [0, 0.1) is 13.8 Å². The second kappa shape index (κ2) is 16.9. The summed E-state index contributed by atoms with van der Waals surface area (Å²) in [5, 5.41) is 10.3. The maximum absolute atomic E-state index is 12.1. The predicted octanol–water partition coefficient (Wildman–Crippen LogP) is 8.00. The van der Waals surface area contributed by atoms with Crippen LogP contribution in [0.1, 0.15) is 48.9 Å². The molecule has 0 spiro atoms. The van der Waals surface area contributed by atoms with Gasteiger partial charge in [0.1, 0.15) is 24.9 Å². The Morgan fingerprint density at radius 2 is 1.11 bits per heavy atom. The third-order valence-corrected chi connectivity index (χ3v) is 7.20. The molecular formula is C39H43NO5. The quantitative estimate of drug-likeness (QED) is 0.0891. The molecule has 1 N–H and O–H groups in total. The topological polar surface area (TPSA) is 83.9 Å². The summed E-state index contributed by atoms with van der Waals surface area (Å²) >= 11 is 0. The van der Waals surface area contributed by atoms with E-state index >= 15 is 0 Å². The van der Waals surface area contributed by atoms with Crippen molar-refractivity contribution in [2.45, 2.75) is 59.0 Å². The number of Topliss-reactive ketones (excluding diaryl/α,β-unsaturated/α-hetero) is 1. The van der Waals surface area contributed by atoms with E-state index in [9.17, 15) is 19.5 Å². The number of rotatable bonds is 14. The van der Waals surface area contributed by atoms with Crippen LogP contribution in [-0.2, 0) is 27.2 Å². The minimum Gasteiger partial charge on any atom is -0.490 e. The highest BCUT2D eigenvalue weighted by Crippen LogP contribution is 2.35. The number of carbonyl (C=O) groups is 3. The molecule has 0 fully saturated rings. The molecule has 4 rings (SSSR count). The van der Waals surface area contributed by atoms with E-state index in [1.54, 1.807) is 6.92 Å². The molecule has 0 aliphatic rings. The number of ether oxygens (including phenoxy) is 1. The van der Waals surface area contributed by atoms with Gasteiger partial charge in [-0.3, -0.25) is 4.79 Å². The van der Waals surface area contributed by atoms with Gasteiger partial charge in [-0.05, 0) is 106 Å². The largest absolute Gasteiger partial charge is 0.490 e. The highest BCUT2D eigenvalue weighted by molar-refractivity contribution is 6.00. The van der Waals surface area contributed by atoms with E-state index in [0.29, 0.717) is 24.2 Å². The fourth-order valence-corrected chi connectivity index (χ4v) is 4.57. The fraction of sp³-hybridized carbons (Fsp3) is 0.256. The van der Waals surface area contributed by atoms with Crippen LogP contribution in [0.5, 0.6) is 5.75 Å². The summed E-state index contributed by atoms with van der Waals surface area (Å²) in [7, 11) is 0. The molecule has 0 aromatic heterocycles. The summed E-state index contributed by atoms with van der Waals surface area (Å²) in [6.07, 6.45) is 4.00. The minimum absolute atomic E-state index is 0.118. The zero-order valence-electron chi connectivity index (χ0n) is 26.7. The van der Waals surface area contributed by atoms with Crippen LogP contribution in [0.4, 0.5) is 17.1 Å². The third-order valence-electron chi connectivity index (χ3n) is 7.20. The molecule has 0 radical (unpaired) electrons. The molecule has 6 heteroatoms. The average molecular weight is 606 g/mol. The Bertz CT molecular complexity index is 1480. The van der Waals surface area contributed by atoms with Gasteiger partial charge in [0, 0.05) is 29.9 Å². The molecule has 6 nitrogen and oxygen atoms in total. The van der Waals surface area contributed by atoms with E-state index in [2.05, 4.69) is 98.1 Å². The molecule has 0 aliphatic heterocycles. The average Bonchev–Trinajstić information content (AvgIpc) is 3.04. The van der Waals surface area contributed by atoms with Gasteiger partial charge in [0.2, 0.25) is 0 Å². The van der Waals surface area contributed by atoms with E-state index in [1.165, 1.54) is 29.2 Å². The van der Waals surface area contributed by atoms with Crippen molar-refractivity contribution < 1.29 is 24.2 Å². The number of aliphatic hydroxyl groups is 1. The van der Waals surface area contributed by atoms with Gasteiger partial charge in [0.05, 0.1) is 0 Å². The lowest BCUT2D eigenvalue weighted by Gasteiger charge is -2.26. The molecule has 1 atom stereocenters. The van der Waals surface area contributed by atoms with E-state index in [1.807, 2.05) is 24.3 Å². The highest BCUT2D eigenvalue weighted by Gasteiger charge is 2.31. The van der Waals surface area contributed by atoms with Crippen molar-refractivity contribution in [1.82, 2.24) is 0 Å². The molecule has 0 amide bonds. The van der Waals surface area contributed by atoms with Crippen LogP contribution >= 0.6 is 0 Å². The maximum Gasteiger partial charge on any atom is 0.192 e. The van der Waals surface area contributed by atoms with Crippen LogP contribution in [0.15, 0.2) is 109 Å². The number of ketones is 1. The Morgan fingerprint density at radius 3 is 1.49 bits per heavy atom. The molecule has 234 valence electrons. The summed E-state index contributed by atoms with van der Waals surface area (Å²) in [4.78, 5) is 33.1. The Kier molecular flexibility index (Phi) is 13.0. The molecule has 0 bridgehead atoms. The van der Waals surface area contributed by atoms with Crippen LogP contribution in [0.3, 0.4) is 0 Å². The van der Waals surface area contributed by atoms with Crippen LogP contribution in [-0.4, -0.2) is 35.7 Å². The molecule has 4 aromatic carbocycles. The van der Waals surface area contributed by atoms with E-state index in [-0.39, 0.29) is 6.61 Å². The number of anilines is 3. The lowest BCUT2D eigenvalue weighted by Crippen LogP contribution is -2.41. The highest BCUT2D eigenvalue weighted by atomic mass is 16.5. The summed E-state index contributed by atoms with van der Waals surface area (Å²) < 4.78 is 5.66. The number of carbonyl (C=O) groups excluding carboxylic acids is 3. The summed E-state index contributed by atoms with van der Waals surface area (Å²) in [6.45, 7) is 10.7. The normalized spacial score (nSPS) is 11.8. The molecule has 0 saturated heterocycles. The standard InChI is InChI=1S/C35H37NO3.C4H6O2/c1-25(2)34(37)35(5,38)24-39-33-22-14-29(15-23-33)11-10-28-12-20-32(21-13-28)36(30-16-6-26(3)7-17-30)31-18-8-27(4)9-19-31;5-3-1-2-4-6/h6-9,12-23,38H,1,10-11,24H2,2-5H3;3-4H,1-2H2. The van der Waals surface area contributed by atoms with Gasteiger partial charge in [-0.1, -0.05) is 66.2 Å². The fourth-order valence-electron chi connectivity index (χ4n) is 4.57. The van der Waals surface area contributed by atoms with Crippen molar-refractivity contribution in [3.05, 3.63) is 131 Å². The molecule has 1 unspecified atom stereocenters. The lowest BCUT2D eigenvalue weighted by molar-refractivity contribution is -0.134. The smallest absolute Gasteiger partial charge is 0.192 e. The maximum atomic E-state index is 12.1. The van der Waals surface area contributed by atoms with Gasteiger partial charge in [0.15, 0.2) is 11.4 Å². The van der Waals surface area contributed by atoms with Crippen molar-refractivity contribution >= 4 is 35.4 Å². The third kappa shape index (κ3) is 10.7. The minimum atomic E-state index is -1.59. The van der Waals surface area contributed by atoms with Crippen molar-refractivity contribution in [2.75, 3.05) is 11.5 Å². The van der Waals surface area contributed by atoms with Gasteiger partial charge in [0.25, 0.3) is 0 Å². The molecule has 0 saturated carbocycles. The molecular weight excluding hydrogens is 562 g/mol. The first-order valence-electron chi connectivity index (χ1n) is 15.1. The number of unbranched alkanes of at least 4 members (excludes halogenated alkanes) is 1. The second-order valence-corrected chi connectivity index (χ2v) is 11.4. The number of hydrogen-bond acceptors (Lipinski definition) is 6. The first-order valence-corrected chi connectivity index (χ1v) is 15.1. The van der Waals surface area contributed by atoms with Crippen molar-refractivity contribution in [3.8, 4) is 5.75 Å². The SMILES string of the molecule is C=C(C)C(=O)C(C)(O)COc1ccc(CCc2ccc(N(c3ccc(C)cc3)c3ccc(C)cc3)cc2)cc1.O=CCCC=O. The van der Waals surface area contributed by atoms with Crippen LogP contribution in [0.25, 0.3) is 0 Å². The second-order valence-electron chi connectivity index (χ2n) is 11.4. The van der Waals surface area contributed by atoms with Gasteiger partial charge >= 0.3 is 0 Å². The summed E-state index contributed by atoms with van der Waals surface area (Å²) in [5.74, 6) is 0.205. The van der Waals surface area contributed by atoms with Gasteiger partial charge < -0.3 is 24.3 Å². The zero-order valence-corrected chi connectivity index (χ0v) is 26.7. The number of nitrogens with zero attached hydrogens (tertiary/aromatic N) is 1. The number of benzene rings is 4. The van der Waals surface area contributed by atoms with Crippen molar-refractivity contribution in [2.24, 2.45) is 0 Å². The van der Waals surface area contributed by atoms with Gasteiger partial charge in [-0.25, -0.2) is 0 Å². The van der Waals surface area contributed by atoms with Crippen LogP contribution < -0.4 is 9.64 Å². The zero-order chi connectivity index (χ0) is 32.8. The molecule has 4 aromatic rings. The summed E-state index contributed by atoms with van der Waals surface area (Å²) in [5.41, 5.74) is 7.03. The lowest BCUT2D eigenvalue weighted by atomic mass is 9.97. The van der Waals surface area contributed by atoms with Gasteiger partial charge in [-0.15, -0.1) is 0 Å². The van der Waals surface area contributed by atoms with Crippen molar-refractivity contribution in [1.29, 1.82) is 0 Å². The van der Waals surface area contributed by atoms with Gasteiger partial charge in [-0.2, -0.15) is 0 Å². The Hall–Kier alpha value is -4.81. The predicted molar refractivity (Wildman–Crippen MR) is 182 cm³/mol. The Balaban J connectivity index is 0.000000838. The molecule has 45 heavy (non-hydrogen) atoms. The van der Waals surface area contributed by atoms with E-state index in [0.717, 1.165) is 42.5 Å².